The molecule has 0 unspecified atom stereocenters. The Hall–Kier alpha value is -0.540. The van der Waals surface area contributed by atoms with Gasteiger partial charge in [-0.05, 0) is 25.0 Å². The van der Waals surface area contributed by atoms with Crippen LogP contribution in [0.4, 0.5) is 5.82 Å². The average molecular weight is 461 g/mol. The molecule has 1 saturated heterocycles. The molecule has 1 aliphatic carbocycles. The Morgan fingerprint density at radius 3 is 2.67 bits per heavy atom. The highest BCUT2D eigenvalue weighted by Crippen LogP contribution is 2.35. The van der Waals surface area contributed by atoms with Crippen LogP contribution < -0.4 is 11.1 Å². The summed E-state index contributed by atoms with van der Waals surface area (Å²) in [5, 5.41) is 3.10. The zero-order valence-electron chi connectivity index (χ0n) is 14.1. The molecule has 0 amide bonds. The van der Waals surface area contributed by atoms with E-state index >= 15 is 0 Å². The van der Waals surface area contributed by atoms with Crippen molar-refractivity contribution in [2.45, 2.75) is 37.6 Å². The van der Waals surface area contributed by atoms with Crippen LogP contribution in [0.25, 0.3) is 0 Å². The van der Waals surface area contributed by atoms with Crippen LogP contribution >= 0.6 is 35.7 Å². The molecular formula is C17H28IN5S. The number of thioether (sulfide) groups is 1. The number of halogens is 1. The van der Waals surface area contributed by atoms with Crippen LogP contribution in [0.15, 0.2) is 29.4 Å². The maximum atomic E-state index is 6.09. The largest absolute Gasteiger partial charge is 0.370 e. The predicted octanol–water partition coefficient (Wildman–Crippen LogP) is 3.18. The molecule has 1 aliphatic heterocycles. The van der Waals surface area contributed by atoms with Gasteiger partial charge in [-0.1, -0.05) is 25.3 Å². The molecule has 1 saturated carbocycles. The molecule has 0 aromatic carbocycles. The molecule has 2 fully saturated rings. The maximum absolute atomic E-state index is 6.09. The molecule has 5 nitrogen and oxygen atoms in total. The first kappa shape index (κ1) is 19.8. The lowest BCUT2D eigenvalue weighted by molar-refractivity contribution is 0.0673. The number of nitrogens with one attached hydrogen (secondary N) is 1. The average Bonchev–Trinajstić information content (AvgIpc) is 2.62. The Labute approximate surface area is 166 Å². The predicted molar refractivity (Wildman–Crippen MR) is 114 cm³/mol. The summed E-state index contributed by atoms with van der Waals surface area (Å²) in [6, 6.07) is 5.74. The van der Waals surface area contributed by atoms with Crippen molar-refractivity contribution in [1.29, 1.82) is 0 Å². The highest BCUT2D eigenvalue weighted by Gasteiger charge is 2.38. The van der Waals surface area contributed by atoms with Crippen LogP contribution in [0.3, 0.4) is 0 Å². The van der Waals surface area contributed by atoms with Crippen LogP contribution in [0, 0.1) is 0 Å². The third kappa shape index (κ3) is 5.23. The second-order valence-corrected chi connectivity index (χ2v) is 7.65. The van der Waals surface area contributed by atoms with E-state index in [4.69, 9.17) is 5.73 Å². The minimum Gasteiger partial charge on any atom is -0.370 e. The number of anilines is 1. The minimum atomic E-state index is 0. The number of aliphatic imine (C=N–C) groups is 1. The van der Waals surface area contributed by atoms with E-state index < -0.39 is 0 Å². The quantitative estimate of drug-likeness (QED) is 0.410. The van der Waals surface area contributed by atoms with E-state index in [0.717, 1.165) is 12.4 Å². The van der Waals surface area contributed by atoms with E-state index in [-0.39, 0.29) is 29.5 Å². The molecule has 2 heterocycles. The first-order valence-electron chi connectivity index (χ1n) is 8.59. The van der Waals surface area contributed by atoms with Crippen molar-refractivity contribution in [3.63, 3.8) is 0 Å². The van der Waals surface area contributed by atoms with Crippen molar-refractivity contribution in [1.82, 2.24) is 9.88 Å². The molecule has 0 radical (unpaired) electrons. The number of hydrogen-bond donors (Lipinski definition) is 2. The van der Waals surface area contributed by atoms with Crippen molar-refractivity contribution < 1.29 is 0 Å². The molecule has 2 aliphatic rings. The second-order valence-electron chi connectivity index (χ2n) is 6.43. The number of rotatable bonds is 4. The number of nitrogens with two attached hydrogens (primary N) is 1. The lowest BCUT2D eigenvalue weighted by Gasteiger charge is -2.47. The molecule has 134 valence electrons. The van der Waals surface area contributed by atoms with E-state index in [0.29, 0.717) is 5.96 Å². The zero-order valence-corrected chi connectivity index (χ0v) is 17.3. The van der Waals surface area contributed by atoms with E-state index in [1.165, 1.54) is 56.7 Å². The van der Waals surface area contributed by atoms with Crippen LogP contribution in [-0.4, -0.2) is 52.5 Å². The Balaban J connectivity index is 0.00000208. The summed E-state index contributed by atoms with van der Waals surface area (Å²) in [7, 11) is 0. The third-order valence-electron chi connectivity index (χ3n) is 4.93. The molecule has 7 heteroatoms. The number of nitrogens with zero attached hydrogens (tertiary/aromatic N) is 3. The van der Waals surface area contributed by atoms with Crippen LogP contribution in [-0.2, 0) is 0 Å². The van der Waals surface area contributed by atoms with E-state index in [1.807, 2.05) is 18.2 Å². The highest BCUT2D eigenvalue weighted by molar-refractivity contribution is 14.0. The van der Waals surface area contributed by atoms with Crippen LogP contribution in [0.5, 0.6) is 0 Å². The summed E-state index contributed by atoms with van der Waals surface area (Å²) in [6.45, 7) is 3.17. The third-order valence-corrected chi connectivity index (χ3v) is 5.87. The van der Waals surface area contributed by atoms with E-state index in [1.54, 1.807) is 6.20 Å². The second kappa shape index (κ2) is 9.82. The summed E-state index contributed by atoms with van der Waals surface area (Å²) in [4.78, 5) is 11.6. The molecule has 24 heavy (non-hydrogen) atoms. The topological polar surface area (TPSA) is 66.5 Å². The van der Waals surface area contributed by atoms with Gasteiger partial charge in [-0.3, -0.25) is 9.89 Å². The smallest absolute Gasteiger partial charge is 0.194 e. The van der Waals surface area contributed by atoms with Gasteiger partial charge < -0.3 is 11.1 Å². The molecule has 3 N–H and O–H groups in total. The van der Waals surface area contributed by atoms with Gasteiger partial charge >= 0.3 is 0 Å². The summed E-state index contributed by atoms with van der Waals surface area (Å²) in [6.07, 6.45) is 8.23. The number of hydrogen-bond acceptors (Lipinski definition) is 4. The van der Waals surface area contributed by atoms with Crippen LogP contribution in [0.1, 0.15) is 32.1 Å². The minimum absolute atomic E-state index is 0. The fraction of sp³-hybridized carbons (Fsp3) is 0.647. The Bertz CT molecular complexity index is 513. The first-order chi connectivity index (χ1) is 11.3. The van der Waals surface area contributed by atoms with Crippen LogP contribution in [0.2, 0.25) is 0 Å². The molecule has 0 bridgehead atoms. The standard InChI is InChI=1S/C17H27N5S.HI/c18-16(21-15-6-2-5-9-19-15)20-14-17(7-3-1-4-8-17)22-10-12-23-13-11-22;/h2,5-6,9H,1,3-4,7-8,10-14H2,(H3,18,19,20,21);1H. The lowest BCUT2D eigenvalue weighted by Crippen LogP contribution is -2.55. The molecule has 0 spiro atoms. The van der Waals surface area contributed by atoms with Crippen molar-refractivity contribution >= 4 is 47.5 Å². The van der Waals surface area contributed by atoms with Gasteiger partial charge in [0.05, 0.1) is 6.54 Å². The fourth-order valence-electron chi connectivity index (χ4n) is 3.66. The SMILES string of the molecule is I.NC(=NCC1(N2CCSCC2)CCCCC1)Nc1ccccn1. The van der Waals surface area contributed by atoms with Gasteiger partial charge in [0.2, 0.25) is 0 Å². The summed E-state index contributed by atoms with van der Waals surface area (Å²) < 4.78 is 0. The van der Waals surface area contributed by atoms with Crippen molar-refractivity contribution in [3.05, 3.63) is 24.4 Å². The van der Waals surface area contributed by atoms with Crippen molar-refractivity contribution in [2.24, 2.45) is 10.7 Å². The van der Waals surface area contributed by atoms with Gasteiger partial charge in [0.15, 0.2) is 5.96 Å². The van der Waals surface area contributed by atoms with E-state index in [2.05, 4.69) is 32.0 Å². The molecule has 0 atom stereocenters. The van der Waals surface area contributed by atoms with Gasteiger partial charge in [0.25, 0.3) is 0 Å². The Morgan fingerprint density at radius 2 is 2.00 bits per heavy atom. The summed E-state index contributed by atoms with van der Waals surface area (Å²) in [5.74, 6) is 3.71. The van der Waals surface area contributed by atoms with Gasteiger partial charge in [0, 0.05) is 36.3 Å². The zero-order chi connectivity index (χ0) is 16.0. The van der Waals surface area contributed by atoms with Crippen molar-refractivity contribution in [3.8, 4) is 0 Å². The highest BCUT2D eigenvalue weighted by atomic mass is 127. The van der Waals surface area contributed by atoms with E-state index in [9.17, 15) is 0 Å². The number of guanidine groups is 1. The Kier molecular flexibility index (Phi) is 8.09. The molecule has 1 aromatic rings. The van der Waals surface area contributed by atoms with Crippen molar-refractivity contribution in [2.75, 3.05) is 36.5 Å². The first-order valence-corrected chi connectivity index (χ1v) is 9.75. The monoisotopic (exact) mass is 461 g/mol. The maximum Gasteiger partial charge on any atom is 0.194 e. The fourth-order valence-corrected chi connectivity index (χ4v) is 4.56. The number of aromatic nitrogens is 1. The lowest BCUT2D eigenvalue weighted by atomic mass is 9.80. The summed E-state index contributed by atoms with van der Waals surface area (Å²) in [5.41, 5.74) is 6.31. The Morgan fingerprint density at radius 1 is 1.25 bits per heavy atom. The van der Waals surface area contributed by atoms with Gasteiger partial charge in [-0.25, -0.2) is 4.98 Å². The summed E-state index contributed by atoms with van der Waals surface area (Å²) >= 11 is 2.06. The van der Waals surface area contributed by atoms with Gasteiger partial charge in [-0.15, -0.1) is 24.0 Å². The molecule has 3 rings (SSSR count). The normalized spacial score (nSPS) is 21.8. The molecule has 1 aromatic heterocycles. The number of pyridine rings is 1. The molecular weight excluding hydrogens is 433 g/mol. The van der Waals surface area contributed by atoms with Gasteiger partial charge in [0.1, 0.15) is 5.82 Å². The van der Waals surface area contributed by atoms with Gasteiger partial charge in [-0.2, -0.15) is 11.8 Å².